The number of likely N-dealkylation sites (tertiary alicyclic amines) is 1. The van der Waals surface area contributed by atoms with Gasteiger partial charge in [-0.2, -0.15) is 0 Å². The van der Waals surface area contributed by atoms with Gasteiger partial charge in [0.1, 0.15) is 11.3 Å². The highest BCUT2D eigenvalue weighted by molar-refractivity contribution is 7.13. The van der Waals surface area contributed by atoms with Crippen LogP contribution in [0.3, 0.4) is 0 Å². The molecule has 7 nitrogen and oxygen atoms in total. The molecule has 2 aromatic rings. The molecule has 8 heteroatoms. The monoisotopic (exact) mass is 372 g/mol. The third kappa shape index (κ3) is 4.02. The normalized spacial score (nSPS) is 21.5. The molecule has 2 aromatic heterocycles. The Kier molecular flexibility index (Phi) is 5.40. The van der Waals surface area contributed by atoms with Gasteiger partial charge < -0.3 is 4.90 Å². The second-order valence-electron chi connectivity index (χ2n) is 6.94. The molecule has 1 unspecified atom stereocenters. The largest absolute Gasteiger partial charge is 0.355 e. The zero-order chi connectivity index (χ0) is 17.8. The highest BCUT2D eigenvalue weighted by atomic mass is 32.1. The van der Waals surface area contributed by atoms with E-state index in [1.54, 1.807) is 11.7 Å². The number of hydrogen-bond acceptors (Lipinski definition) is 7. The second-order valence-corrected chi connectivity index (χ2v) is 7.77. The molecule has 2 saturated heterocycles. The van der Waals surface area contributed by atoms with Gasteiger partial charge in [0.25, 0.3) is 5.91 Å². The van der Waals surface area contributed by atoms with Crippen molar-refractivity contribution >= 4 is 28.2 Å². The van der Waals surface area contributed by atoms with Crippen LogP contribution in [-0.2, 0) is 0 Å². The van der Waals surface area contributed by atoms with Crippen LogP contribution in [-0.4, -0.2) is 58.2 Å². The maximum absolute atomic E-state index is 12.2. The van der Waals surface area contributed by atoms with E-state index in [1.165, 1.54) is 56.5 Å². The fourth-order valence-electron chi connectivity index (χ4n) is 3.84. The quantitative estimate of drug-likeness (QED) is 0.889. The van der Waals surface area contributed by atoms with Crippen LogP contribution in [0.2, 0.25) is 0 Å². The van der Waals surface area contributed by atoms with Crippen LogP contribution in [0.1, 0.15) is 42.5 Å². The molecule has 26 heavy (non-hydrogen) atoms. The number of anilines is 2. The van der Waals surface area contributed by atoms with Gasteiger partial charge in [-0.05, 0) is 50.9 Å². The summed E-state index contributed by atoms with van der Waals surface area (Å²) in [5.41, 5.74) is 2.13. The zero-order valence-electron chi connectivity index (χ0n) is 14.8. The fourth-order valence-corrected chi connectivity index (χ4v) is 4.28. The van der Waals surface area contributed by atoms with E-state index >= 15 is 0 Å². The molecule has 0 spiro atoms. The Hall–Kier alpha value is -2.06. The minimum atomic E-state index is -0.202. The Morgan fingerprint density at radius 2 is 2.00 bits per heavy atom. The fraction of sp³-hybridized carbons (Fsp3) is 0.556. The molecule has 0 saturated carbocycles. The van der Waals surface area contributed by atoms with Gasteiger partial charge >= 0.3 is 0 Å². The molecule has 4 rings (SSSR count). The van der Waals surface area contributed by atoms with Crippen LogP contribution in [0.4, 0.5) is 10.9 Å². The lowest BCUT2D eigenvalue weighted by Gasteiger charge is -2.31. The third-order valence-corrected chi connectivity index (χ3v) is 5.82. The number of carbonyl (C=O) groups excluding carboxylic acids is 1. The average Bonchev–Trinajstić information content (AvgIpc) is 3.33. The topological polar surface area (TPSA) is 74.2 Å². The van der Waals surface area contributed by atoms with Crippen LogP contribution in [0.5, 0.6) is 0 Å². The second kappa shape index (κ2) is 8.09. The molecule has 0 radical (unpaired) electrons. The van der Waals surface area contributed by atoms with Crippen LogP contribution in [0.15, 0.2) is 23.8 Å². The summed E-state index contributed by atoms with van der Waals surface area (Å²) in [5, 5.41) is 10.8. The van der Waals surface area contributed by atoms with E-state index in [4.69, 9.17) is 0 Å². The summed E-state index contributed by atoms with van der Waals surface area (Å²) in [5.74, 6) is 0.759. The number of amides is 1. The van der Waals surface area contributed by atoms with Gasteiger partial charge in [-0.1, -0.05) is 17.8 Å². The van der Waals surface area contributed by atoms with Gasteiger partial charge in [-0.25, -0.2) is 4.98 Å². The van der Waals surface area contributed by atoms with Gasteiger partial charge in [0, 0.05) is 25.3 Å². The molecule has 4 heterocycles. The number of hydrogen-bond donors (Lipinski definition) is 1. The molecular formula is C18H24N6OS. The molecule has 138 valence electrons. The molecule has 2 aliphatic heterocycles. The molecule has 1 amide bonds. The molecule has 0 aromatic carbocycles. The van der Waals surface area contributed by atoms with E-state index in [0.29, 0.717) is 16.7 Å². The highest BCUT2D eigenvalue weighted by Gasteiger charge is 2.26. The van der Waals surface area contributed by atoms with Crippen LogP contribution < -0.4 is 10.2 Å². The molecular weight excluding hydrogens is 348 g/mol. The lowest BCUT2D eigenvalue weighted by Crippen LogP contribution is -2.41. The maximum atomic E-state index is 12.2. The Labute approximate surface area is 157 Å². The zero-order valence-corrected chi connectivity index (χ0v) is 15.6. The first-order valence-electron chi connectivity index (χ1n) is 9.32. The van der Waals surface area contributed by atoms with Crippen LogP contribution in [0, 0.1) is 0 Å². The number of rotatable bonds is 4. The number of nitrogens with zero attached hydrogens (tertiary/aromatic N) is 5. The van der Waals surface area contributed by atoms with E-state index in [2.05, 4.69) is 30.3 Å². The van der Waals surface area contributed by atoms with Crippen molar-refractivity contribution in [3.63, 3.8) is 0 Å². The number of pyridine rings is 1. The number of carbonyl (C=O) groups is 1. The SMILES string of the molecule is O=C(Nc1nncs1)c1ccc(N2CCCCC(N3CCCC3)C2)nc1. The van der Waals surface area contributed by atoms with Crippen molar-refractivity contribution in [1.82, 2.24) is 20.1 Å². The molecule has 2 aliphatic rings. The Morgan fingerprint density at radius 3 is 2.73 bits per heavy atom. The van der Waals surface area contributed by atoms with Gasteiger partial charge in [0.2, 0.25) is 5.13 Å². The molecule has 1 N–H and O–H groups in total. The first-order valence-corrected chi connectivity index (χ1v) is 10.2. The van der Waals surface area contributed by atoms with E-state index in [1.807, 2.05) is 12.1 Å². The van der Waals surface area contributed by atoms with Crippen LogP contribution >= 0.6 is 11.3 Å². The summed E-state index contributed by atoms with van der Waals surface area (Å²) in [6.45, 7) is 4.53. The Bertz CT molecular complexity index is 714. The minimum absolute atomic E-state index is 0.202. The van der Waals surface area contributed by atoms with Crippen molar-refractivity contribution in [2.75, 3.05) is 36.4 Å². The standard InChI is InChI=1S/C18H24N6OS/c25-17(21-18-22-20-13-26-18)14-6-7-16(19-11-14)24-10-2-1-5-15(12-24)23-8-3-4-9-23/h6-7,11,13,15H,1-5,8-10,12H2,(H,21,22,25). The lowest BCUT2D eigenvalue weighted by atomic mass is 10.1. The third-order valence-electron chi connectivity index (χ3n) is 5.22. The van der Waals surface area contributed by atoms with Gasteiger partial charge in [0.15, 0.2) is 0 Å². The van der Waals surface area contributed by atoms with Gasteiger partial charge in [-0.3, -0.25) is 15.0 Å². The summed E-state index contributed by atoms with van der Waals surface area (Å²) >= 11 is 1.30. The lowest BCUT2D eigenvalue weighted by molar-refractivity contribution is 0.102. The van der Waals surface area contributed by atoms with E-state index < -0.39 is 0 Å². The summed E-state index contributed by atoms with van der Waals surface area (Å²) in [6, 6.07) is 4.43. The molecule has 0 aliphatic carbocycles. The Balaban J connectivity index is 1.42. The van der Waals surface area contributed by atoms with Crippen molar-refractivity contribution in [3.8, 4) is 0 Å². The van der Waals surface area contributed by atoms with Crippen molar-refractivity contribution in [2.45, 2.75) is 38.1 Å². The minimum Gasteiger partial charge on any atom is -0.355 e. The number of aromatic nitrogens is 3. The average molecular weight is 372 g/mol. The van der Waals surface area contributed by atoms with Gasteiger partial charge in [0.05, 0.1) is 5.56 Å². The summed E-state index contributed by atoms with van der Waals surface area (Å²) in [4.78, 5) is 21.8. The van der Waals surface area contributed by atoms with E-state index in [9.17, 15) is 4.79 Å². The summed E-state index contributed by atoms with van der Waals surface area (Å²) in [6.07, 6.45) is 8.06. The molecule has 0 bridgehead atoms. The first-order chi connectivity index (χ1) is 12.8. The number of nitrogens with one attached hydrogen (secondary N) is 1. The predicted octanol–water partition coefficient (Wildman–Crippen LogP) is 2.64. The first kappa shape index (κ1) is 17.4. The Morgan fingerprint density at radius 1 is 1.15 bits per heavy atom. The highest BCUT2D eigenvalue weighted by Crippen LogP contribution is 2.23. The summed E-state index contributed by atoms with van der Waals surface area (Å²) < 4.78 is 0. The van der Waals surface area contributed by atoms with Crippen molar-refractivity contribution in [2.24, 2.45) is 0 Å². The predicted molar refractivity (Wildman–Crippen MR) is 103 cm³/mol. The van der Waals surface area contributed by atoms with Crippen molar-refractivity contribution in [1.29, 1.82) is 0 Å². The summed E-state index contributed by atoms with van der Waals surface area (Å²) in [7, 11) is 0. The maximum Gasteiger partial charge on any atom is 0.259 e. The van der Waals surface area contributed by atoms with Crippen molar-refractivity contribution < 1.29 is 4.79 Å². The van der Waals surface area contributed by atoms with Crippen LogP contribution in [0.25, 0.3) is 0 Å². The smallest absolute Gasteiger partial charge is 0.259 e. The van der Waals surface area contributed by atoms with Crippen molar-refractivity contribution in [3.05, 3.63) is 29.4 Å². The van der Waals surface area contributed by atoms with E-state index in [-0.39, 0.29) is 5.91 Å². The molecule has 2 fully saturated rings. The van der Waals surface area contributed by atoms with Gasteiger partial charge in [-0.15, -0.1) is 10.2 Å². The molecule has 1 atom stereocenters. The van der Waals surface area contributed by atoms with E-state index in [0.717, 1.165) is 18.9 Å².